The van der Waals surface area contributed by atoms with Crippen molar-refractivity contribution in [2.75, 3.05) is 11.1 Å². The van der Waals surface area contributed by atoms with Crippen molar-refractivity contribution < 1.29 is 4.79 Å². The molecule has 1 N–H and O–H groups in total. The zero-order valence-corrected chi connectivity index (χ0v) is 23.9. The minimum atomic E-state index is -0.139. The molecule has 3 heterocycles. The SMILES string of the molecule is C=CCn1c(SCCC(=O)Nc2ncc(Cc3cccc(Cl)c3Cl)s2)nc2sc3c(c2c1=O)CCCC3. The predicted octanol–water partition coefficient (Wildman–Crippen LogP) is 7.00. The molecule has 1 amide bonds. The van der Waals surface area contributed by atoms with Gasteiger partial charge >= 0.3 is 0 Å². The third-order valence-electron chi connectivity index (χ3n) is 6.11. The number of amides is 1. The standard InChI is InChI=1S/C26H24Cl2N4O2S3/c1-2-11-32-24(34)21-17-7-3-4-9-19(17)37-23(21)31-26(32)35-12-10-20(33)30-25-29-14-16(36-25)13-15-6-5-8-18(27)22(15)28/h2,5-6,8,14H,1,3-4,7,9-13H2,(H,29,30,33). The van der Waals surface area contributed by atoms with E-state index in [0.717, 1.165) is 46.3 Å². The summed E-state index contributed by atoms with van der Waals surface area (Å²) in [7, 11) is 0. The Morgan fingerprint density at radius 2 is 2.08 bits per heavy atom. The maximum Gasteiger partial charge on any atom is 0.263 e. The molecule has 192 valence electrons. The first kappa shape index (κ1) is 26.4. The molecule has 6 nitrogen and oxygen atoms in total. The van der Waals surface area contributed by atoms with E-state index >= 15 is 0 Å². The van der Waals surface area contributed by atoms with Crippen molar-refractivity contribution in [2.45, 2.75) is 50.2 Å². The molecule has 11 heteroatoms. The van der Waals surface area contributed by atoms with Gasteiger partial charge in [-0.25, -0.2) is 9.97 Å². The number of thiazole rings is 1. The van der Waals surface area contributed by atoms with E-state index in [1.54, 1.807) is 34.2 Å². The van der Waals surface area contributed by atoms with Crippen LogP contribution in [0.4, 0.5) is 5.13 Å². The van der Waals surface area contributed by atoms with Gasteiger partial charge in [-0.3, -0.25) is 14.2 Å². The van der Waals surface area contributed by atoms with Crippen molar-refractivity contribution in [2.24, 2.45) is 0 Å². The second kappa shape index (κ2) is 11.7. The van der Waals surface area contributed by atoms with E-state index in [4.69, 9.17) is 28.2 Å². The Morgan fingerprint density at radius 1 is 1.24 bits per heavy atom. The summed E-state index contributed by atoms with van der Waals surface area (Å²) in [5, 5.41) is 5.84. The van der Waals surface area contributed by atoms with Gasteiger partial charge in [0.2, 0.25) is 5.91 Å². The number of fused-ring (bicyclic) bond motifs is 3. The first-order chi connectivity index (χ1) is 17.9. The summed E-state index contributed by atoms with van der Waals surface area (Å²) in [6, 6.07) is 5.53. The number of hydrogen-bond donors (Lipinski definition) is 1. The lowest BCUT2D eigenvalue weighted by Gasteiger charge is -2.12. The molecule has 0 radical (unpaired) electrons. The maximum absolute atomic E-state index is 13.4. The molecule has 1 aromatic carbocycles. The van der Waals surface area contributed by atoms with Gasteiger partial charge in [-0.1, -0.05) is 53.2 Å². The Bertz CT molecular complexity index is 1540. The molecule has 1 aliphatic carbocycles. The van der Waals surface area contributed by atoms with Crippen molar-refractivity contribution in [1.82, 2.24) is 14.5 Å². The molecule has 0 spiro atoms. The number of allylic oxidation sites excluding steroid dienone is 1. The van der Waals surface area contributed by atoms with Crippen LogP contribution < -0.4 is 10.9 Å². The first-order valence-corrected chi connectivity index (χ1v) is 15.3. The van der Waals surface area contributed by atoms with Crippen LogP contribution in [-0.2, 0) is 30.6 Å². The molecule has 3 aromatic heterocycles. The number of benzene rings is 1. The molecule has 1 aliphatic rings. The zero-order chi connectivity index (χ0) is 25.9. The van der Waals surface area contributed by atoms with E-state index in [2.05, 4.69) is 16.9 Å². The lowest BCUT2D eigenvalue weighted by atomic mass is 9.97. The Kier molecular flexibility index (Phi) is 8.36. The maximum atomic E-state index is 13.4. The van der Waals surface area contributed by atoms with Crippen LogP contribution in [0.5, 0.6) is 0 Å². The van der Waals surface area contributed by atoms with Gasteiger partial charge in [-0.15, -0.1) is 29.3 Å². The number of halogens is 2. The highest BCUT2D eigenvalue weighted by Gasteiger charge is 2.22. The van der Waals surface area contributed by atoms with Gasteiger partial charge in [-0.05, 0) is 42.9 Å². The second-order valence-corrected chi connectivity index (χ2v) is 12.7. The summed E-state index contributed by atoms with van der Waals surface area (Å²) in [5.74, 6) is 0.349. The van der Waals surface area contributed by atoms with Crippen LogP contribution in [0.2, 0.25) is 10.0 Å². The fraction of sp³-hybridized carbons (Fsp3) is 0.308. The van der Waals surface area contributed by atoms with Gasteiger partial charge in [0.25, 0.3) is 5.56 Å². The molecule has 4 aromatic rings. The number of aromatic nitrogens is 3. The predicted molar refractivity (Wildman–Crippen MR) is 156 cm³/mol. The Balaban J connectivity index is 1.23. The summed E-state index contributed by atoms with van der Waals surface area (Å²) >= 11 is 16.9. The highest BCUT2D eigenvalue weighted by atomic mass is 35.5. The fourth-order valence-electron chi connectivity index (χ4n) is 4.36. The van der Waals surface area contributed by atoms with Crippen molar-refractivity contribution in [3.05, 3.63) is 78.3 Å². The summed E-state index contributed by atoms with van der Waals surface area (Å²) in [6.07, 6.45) is 8.53. The highest BCUT2D eigenvalue weighted by molar-refractivity contribution is 7.99. The number of rotatable bonds is 9. The van der Waals surface area contributed by atoms with Crippen LogP contribution in [0.15, 0.2) is 47.0 Å². The minimum Gasteiger partial charge on any atom is -0.302 e. The summed E-state index contributed by atoms with van der Waals surface area (Å²) in [6.45, 7) is 4.20. The number of anilines is 1. The van der Waals surface area contributed by atoms with Crippen LogP contribution in [0, 0.1) is 0 Å². The number of nitrogens with one attached hydrogen (secondary N) is 1. The van der Waals surface area contributed by atoms with E-state index in [1.165, 1.54) is 33.5 Å². The van der Waals surface area contributed by atoms with E-state index in [0.29, 0.717) is 39.1 Å². The summed E-state index contributed by atoms with van der Waals surface area (Å²) < 4.78 is 1.67. The molecule has 0 unspecified atom stereocenters. The molecule has 0 saturated carbocycles. The fourth-order valence-corrected chi connectivity index (χ4v) is 7.84. The smallest absolute Gasteiger partial charge is 0.263 e. The number of hydrogen-bond acceptors (Lipinski definition) is 7. The van der Waals surface area contributed by atoms with Crippen LogP contribution in [0.25, 0.3) is 10.2 Å². The van der Waals surface area contributed by atoms with E-state index < -0.39 is 0 Å². The van der Waals surface area contributed by atoms with E-state index in [9.17, 15) is 9.59 Å². The zero-order valence-electron chi connectivity index (χ0n) is 19.9. The second-order valence-electron chi connectivity index (χ2n) is 8.66. The van der Waals surface area contributed by atoms with Crippen molar-refractivity contribution in [1.29, 1.82) is 0 Å². The van der Waals surface area contributed by atoms with Gasteiger partial charge in [-0.2, -0.15) is 0 Å². The normalized spacial score (nSPS) is 13.0. The van der Waals surface area contributed by atoms with E-state index in [-0.39, 0.29) is 17.9 Å². The van der Waals surface area contributed by atoms with Crippen molar-refractivity contribution >= 4 is 78.9 Å². The largest absolute Gasteiger partial charge is 0.302 e. The molecular formula is C26H24Cl2N4O2S3. The lowest BCUT2D eigenvalue weighted by Crippen LogP contribution is -2.23. The monoisotopic (exact) mass is 590 g/mol. The number of carbonyl (C=O) groups is 1. The molecule has 37 heavy (non-hydrogen) atoms. The molecule has 0 saturated heterocycles. The van der Waals surface area contributed by atoms with E-state index in [1.807, 2.05) is 12.1 Å². The molecule has 0 bridgehead atoms. The van der Waals surface area contributed by atoms with Gasteiger partial charge in [0, 0.05) is 41.1 Å². The highest BCUT2D eigenvalue weighted by Crippen LogP contribution is 2.35. The number of thioether (sulfide) groups is 1. The number of carbonyl (C=O) groups excluding carboxylic acids is 1. The summed E-state index contributed by atoms with van der Waals surface area (Å²) in [5.41, 5.74) is 2.08. The van der Waals surface area contributed by atoms with Gasteiger partial charge in [0.15, 0.2) is 10.3 Å². The Morgan fingerprint density at radius 3 is 2.92 bits per heavy atom. The molecule has 0 aliphatic heterocycles. The number of nitrogens with zero attached hydrogens (tertiary/aromatic N) is 3. The van der Waals surface area contributed by atoms with Crippen molar-refractivity contribution in [3.8, 4) is 0 Å². The quantitative estimate of drug-likeness (QED) is 0.129. The van der Waals surface area contributed by atoms with Crippen molar-refractivity contribution in [3.63, 3.8) is 0 Å². The first-order valence-electron chi connectivity index (χ1n) is 11.9. The number of thiophene rings is 1. The topological polar surface area (TPSA) is 76.9 Å². The van der Waals surface area contributed by atoms with Gasteiger partial charge in [0.05, 0.1) is 15.4 Å². The third kappa shape index (κ3) is 5.81. The molecule has 0 atom stereocenters. The van der Waals surface area contributed by atoms with Crippen LogP contribution in [0.3, 0.4) is 0 Å². The Hall–Kier alpha value is -2.17. The molecular weight excluding hydrogens is 567 g/mol. The average Bonchev–Trinajstić information content (AvgIpc) is 3.48. The molecule has 0 fully saturated rings. The van der Waals surface area contributed by atoms with Gasteiger partial charge < -0.3 is 5.32 Å². The minimum absolute atomic E-state index is 0.00799. The average molecular weight is 592 g/mol. The third-order valence-corrected chi connectivity index (χ3v) is 10.0. The van der Waals surface area contributed by atoms with Gasteiger partial charge in [0.1, 0.15) is 4.83 Å². The summed E-state index contributed by atoms with van der Waals surface area (Å²) in [4.78, 5) is 38.2. The van der Waals surface area contributed by atoms with Crippen LogP contribution >= 0.6 is 57.6 Å². The Labute approximate surface area is 236 Å². The lowest BCUT2D eigenvalue weighted by molar-refractivity contribution is -0.115. The molecule has 5 rings (SSSR count). The van der Waals surface area contributed by atoms with Crippen LogP contribution in [0.1, 0.15) is 40.1 Å². The number of aryl methyl sites for hydroxylation is 2. The van der Waals surface area contributed by atoms with Crippen LogP contribution in [-0.4, -0.2) is 26.2 Å².